The Morgan fingerprint density at radius 2 is 1.60 bits per heavy atom. The third-order valence-corrected chi connectivity index (χ3v) is 9.37. The van der Waals surface area contributed by atoms with E-state index in [-0.39, 0.29) is 18.8 Å². The first kappa shape index (κ1) is 34.5. The van der Waals surface area contributed by atoms with Crippen molar-refractivity contribution in [1.82, 2.24) is 0 Å². The Labute approximate surface area is 255 Å². The number of rotatable bonds is 12. The van der Waals surface area contributed by atoms with Crippen molar-refractivity contribution in [2.75, 3.05) is 7.11 Å². The lowest BCUT2D eigenvalue weighted by Gasteiger charge is -2.62. The zero-order valence-electron chi connectivity index (χ0n) is 26.8. The topological polar surface area (TPSA) is 124 Å². The van der Waals surface area contributed by atoms with E-state index in [1.807, 2.05) is 27.7 Å². The molecule has 0 aromatic heterocycles. The molecule has 1 saturated carbocycles. The lowest BCUT2D eigenvalue weighted by molar-refractivity contribution is -0.279. The summed E-state index contributed by atoms with van der Waals surface area (Å²) in [4.78, 5) is 51.3. The molecule has 2 fully saturated rings. The molecule has 0 aromatic rings. The molecule has 0 aromatic carbocycles. The highest BCUT2D eigenvalue weighted by Crippen LogP contribution is 2.68. The second-order valence-corrected chi connectivity index (χ2v) is 12.2. The van der Waals surface area contributed by atoms with Crippen molar-refractivity contribution in [2.24, 2.45) is 22.7 Å². The molecule has 2 aliphatic carbocycles. The smallest absolute Gasteiger partial charge is 0.308 e. The van der Waals surface area contributed by atoms with Gasteiger partial charge in [0.1, 0.15) is 11.5 Å². The Bertz CT molecular complexity index is 1140. The van der Waals surface area contributed by atoms with Gasteiger partial charge in [-0.3, -0.25) is 23.9 Å². The number of allylic oxidation sites excluding steroid dienone is 3. The summed E-state index contributed by atoms with van der Waals surface area (Å²) < 4.78 is 36.2. The van der Waals surface area contributed by atoms with Gasteiger partial charge in [-0.2, -0.15) is 0 Å². The van der Waals surface area contributed by atoms with E-state index in [0.29, 0.717) is 31.3 Å². The average molecular weight is 605 g/mol. The molecule has 43 heavy (non-hydrogen) atoms. The van der Waals surface area contributed by atoms with Crippen molar-refractivity contribution in [3.05, 3.63) is 36.0 Å². The summed E-state index contributed by atoms with van der Waals surface area (Å²) in [6.07, 6.45) is 3.02. The van der Waals surface area contributed by atoms with Gasteiger partial charge in [-0.05, 0) is 50.0 Å². The first-order chi connectivity index (χ1) is 20.3. The van der Waals surface area contributed by atoms with Crippen molar-refractivity contribution in [2.45, 2.75) is 118 Å². The van der Waals surface area contributed by atoms with Crippen LogP contribution in [-0.2, 0) is 47.6 Å². The molecule has 240 valence electrons. The minimum Gasteiger partial charge on any atom is -0.458 e. The van der Waals surface area contributed by atoms with Gasteiger partial charge in [0.25, 0.3) is 0 Å². The van der Waals surface area contributed by atoms with Crippen LogP contribution in [0.5, 0.6) is 0 Å². The Balaban J connectivity index is 2.41. The molecular formula is C33H48O10. The van der Waals surface area contributed by atoms with Crippen molar-refractivity contribution in [3.8, 4) is 0 Å². The molecule has 0 bridgehead atoms. The minimum absolute atomic E-state index is 0.126. The summed E-state index contributed by atoms with van der Waals surface area (Å²) in [5, 5.41) is 0. The van der Waals surface area contributed by atoms with E-state index in [1.165, 1.54) is 13.8 Å². The van der Waals surface area contributed by atoms with Gasteiger partial charge < -0.3 is 23.7 Å². The van der Waals surface area contributed by atoms with E-state index < -0.39 is 71.5 Å². The fourth-order valence-electron chi connectivity index (χ4n) is 7.09. The van der Waals surface area contributed by atoms with Gasteiger partial charge in [-0.1, -0.05) is 52.0 Å². The van der Waals surface area contributed by atoms with Crippen LogP contribution in [-0.4, -0.2) is 61.9 Å². The monoisotopic (exact) mass is 604 g/mol. The highest BCUT2D eigenvalue weighted by molar-refractivity contribution is 5.71. The first-order valence-corrected chi connectivity index (χ1v) is 15.2. The number of ether oxygens (including phenoxy) is 6. The van der Waals surface area contributed by atoms with Crippen LogP contribution in [0.15, 0.2) is 36.0 Å². The molecule has 1 spiro atoms. The van der Waals surface area contributed by atoms with Gasteiger partial charge in [0.2, 0.25) is 12.6 Å². The third-order valence-electron chi connectivity index (χ3n) is 9.37. The number of esters is 4. The molecule has 0 radical (unpaired) electrons. The Morgan fingerprint density at radius 3 is 2.14 bits per heavy atom. The van der Waals surface area contributed by atoms with E-state index in [0.717, 1.165) is 5.57 Å². The second-order valence-electron chi connectivity index (χ2n) is 12.2. The molecule has 3 aliphatic rings. The zero-order valence-corrected chi connectivity index (χ0v) is 26.8. The molecule has 0 unspecified atom stereocenters. The molecule has 10 heteroatoms. The van der Waals surface area contributed by atoms with Crippen LogP contribution in [0.2, 0.25) is 0 Å². The predicted molar refractivity (Wildman–Crippen MR) is 157 cm³/mol. The molecule has 0 amide bonds. The molecule has 0 N–H and O–H groups in total. The fourth-order valence-corrected chi connectivity index (χ4v) is 7.09. The zero-order chi connectivity index (χ0) is 32.1. The Hall–Kier alpha value is -2.98. The van der Waals surface area contributed by atoms with Crippen LogP contribution in [0, 0.1) is 22.7 Å². The van der Waals surface area contributed by atoms with Crippen LogP contribution in [0.25, 0.3) is 0 Å². The fraction of sp³-hybridized carbons (Fsp3) is 0.697. The first-order valence-electron chi connectivity index (χ1n) is 15.2. The summed E-state index contributed by atoms with van der Waals surface area (Å²) in [6, 6.07) is 0. The molecule has 1 aliphatic heterocycles. The summed E-state index contributed by atoms with van der Waals surface area (Å²) in [6.45, 7) is 16.2. The van der Waals surface area contributed by atoms with E-state index >= 15 is 0 Å². The van der Waals surface area contributed by atoms with Crippen LogP contribution in [0.3, 0.4) is 0 Å². The van der Waals surface area contributed by atoms with E-state index in [9.17, 15) is 19.2 Å². The summed E-state index contributed by atoms with van der Waals surface area (Å²) in [5.41, 5.74) is -0.576. The third kappa shape index (κ3) is 6.75. The predicted octanol–water partition coefficient (Wildman–Crippen LogP) is 5.34. The minimum atomic E-state index is -1.36. The second kappa shape index (κ2) is 14.2. The van der Waals surface area contributed by atoms with Crippen molar-refractivity contribution in [1.29, 1.82) is 0 Å². The number of carbonyl (C=O) groups excluding carboxylic acids is 4. The van der Waals surface area contributed by atoms with Gasteiger partial charge in [-0.15, -0.1) is 0 Å². The SMILES string of the molecule is C=C/C(C)=C\C[C@@]1(C)[C@H](C)[C@@H](OC(=O)CCC)[C@H](OC(C)=O)[C@@]23C(=C[C@H](OC)C[C@@H]12)[C@@H](OC(C)=O)O[C@H]3OC(=O)CCC. The van der Waals surface area contributed by atoms with Gasteiger partial charge in [-0.25, -0.2) is 0 Å². The maximum atomic E-state index is 13.1. The number of carbonyl (C=O) groups is 4. The number of methoxy groups -OCH3 is 1. The molecule has 1 saturated heterocycles. The quantitative estimate of drug-likeness (QED) is 0.125. The van der Waals surface area contributed by atoms with E-state index in [4.69, 9.17) is 28.4 Å². The molecule has 10 nitrogen and oxygen atoms in total. The number of hydrogen-bond acceptors (Lipinski definition) is 10. The standard InChI is InChI=1S/C33H48O10/c1-10-13-26(36)41-28-20(5)32(8,16-15-19(4)12-3)25-18-23(38-9)17-24-30(40-22(7)35)43-31(42-27(37)14-11-2)33(24,25)29(28)39-21(6)34/h12,15,17,20,23,25,28-31H,3,10-11,13-14,16,18H2,1-2,4-9H3/b19-15-/t20-,23+,25+,28-,29+,30+,31-,32+,33-/m1/s1. The molecule has 3 rings (SSSR count). The summed E-state index contributed by atoms with van der Waals surface area (Å²) in [7, 11) is 1.59. The number of hydrogen-bond donors (Lipinski definition) is 0. The van der Waals surface area contributed by atoms with Crippen LogP contribution in [0.1, 0.15) is 87.0 Å². The van der Waals surface area contributed by atoms with Gasteiger partial charge >= 0.3 is 23.9 Å². The summed E-state index contributed by atoms with van der Waals surface area (Å²) in [5.74, 6) is -2.89. The Kier molecular flexibility index (Phi) is 11.4. The van der Waals surface area contributed by atoms with E-state index in [1.54, 1.807) is 19.3 Å². The lowest BCUT2D eigenvalue weighted by Crippen LogP contribution is -2.69. The highest BCUT2D eigenvalue weighted by Gasteiger charge is 2.75. The highest BCUT2D eigenvalue weighted by atomic mass is 16.8. The maximum Gasteiger partial charge on any atom is 0.308 e. The maximum absolute atomic E-state index is 13.1. The van der Waals surface area contributed by atoms with Gasteiger partial charge in [0, 0.05) is 45.3 Å². The largest absolute Gasteiger partial charge is 0.458 e. The van der Waals surface area contributed by atoms with Crippen LogP contribution >= 0.6 is 0 Å². The van der Waals surface area contributed by atoms with Gasteiger partial charge in [0.15, 0.2) is 6.10 Å². The summed E-state index contributed by atoms with van der Waals surface area (Å²) >= 11 is 0. The van der Waals surface area contributed by atoms with Crippen LogP contribution in [0.4, 0.5) is 0 Å². The Morgan fingerprint density at radius 1 is 1.00 bits per heavy atom. The average Bonchev–Trinajstić information content (AvgIpc) is 3.23. The van der Waals surface area contributed by atoms with Crippen molar-refractivity contribution < 1.29 is 47.6 Å². The van der Waals surface area contributed by atoms with Crippen LogP contribution < -0.4 is 0 Å². The van der Waals surface area contributed by atoms with Gasteiger partial charge in [0.05, 0.1) is 6.10 Å². The molecule has 1 heterocycles. The van der Waals surface area contributed by atoms with E-state index in [2.05, 4.69) is 19.6 Å². The van der Waals surface area contributed by atoms with Crippen molar-refractivity contribution in [3.63, 3.8) is 0 Å². The lowest BCUT2D eigenvalue weighted by atomic mass is 9.44. The van der Waals surface area contributed by atoms with Crippen molar-refractivity contribution >= 4 is 23.9 Å². The normalized spacial score (nSPS) is 35.1. The molecule has 9 atom stereocenters. The molecular weight excluding hydrogens is 556 g/mol.